The molecule has 116 valence electrons. The lowest BCUT2D eigenvalue weighted by atomic mass is 9.98. The molecule has 0 heterocycles. The molecule has 1 aliphatic carbocycles. The monoisotopic (exact) mass is 299 g/mol. The smallest absolute Gasteiger partial charge is 0.223 e. The zero-order chi connectivity index (χ0) is 16.0. The van der Waals surface area contributed by atoms with Crippen LogP contribution in [0.15, 0.2) is 30.3 Å². The molecule has 1 aliphatic rings. The van der Waals surface area contributed by atoms with Gasteiger partial charge in [0.25, 0.3) is 0 Å². The van der Waals surface area contributed by atoms with Crippen LogP contribution < -0.4 is 10.6 Å². The maximum atomic E-state index is 12.3. The summed E-state index contributed by atoms with van der Waals surface area (Å²) in [7, 11) is 0. The molecule has 22 heavy (non-hydrogen) atoms. The van der Waals surface area contributed by atoms with E-state index in [9.17, 15) is 14.9 Å². The summed E-state index contributed by atoms with van der Waals surface area (Å²) < 4.78 is 0. The molecule has 0 spiro atoms. The third kappa shape index (κ3) is 4.08. The van der Waals surface area contributed by atoms with E-state index in [0.717, 1.165) is 18.4 Å². The number of amides is 2. The molecule has 0 saturated heterocycles. The summed E-state index contributed by atoms with van der Waals surface area (Å²) in [5.41, 5.74) is 0.152. The van der Waals surface area contributed by atoms with E-state index in [0.29, 0.717) is 12.8 Å². The van der Waals surface area contributed by atoms with Gasteiger partial charge in [-0.2, -0.15) is 5.26 Å². The number of nitriles is 1. The van der Waals surface area contributed by atoms with Crippen molar-refractivity contribution in [3.05, 3.63) is 35.9 Å². The molecule has 1 saturated carbocycles. The Morgan fingerprint density at radius 1 is 1.27 bits per heavy atom. The minimum atomic E-state index is -0.728. The molecule has 1 aromatic rings. The van der Waals surface area contributed by atoms with E-state index in [2.05, 4.69) is 16.7 Å². The second-order valence-electron chi connectivity index (χ2n) is 5.82. The first-order valence-electron chi connectivity index (χ1n) is 7.59. The molecule has 2 N–H and O–H groups in total. The zero-order valence-corrected chi connectivity index (χ0v) is 12.8. The summed E-state index contributed by atoms with van der Waals surface area (Å²) in [6, 6.07) is 11.2. The average molecular weight is 299 g/mol. The highest BCUT2D eigenvalue weighted by Gasteiger charge is 2.35. The number of rotatable bonds is 5. The summed E-state index contributed by atoms with van der Waals surface area (Å²) in [6.45, 7) is 1.43. The molecule has 2 amide bonds. The molecular weight excluding hydrogens is 278 g/mol. The molecule has 1 aromatic carbocycles. The van der Waals surface area contributed by atoms with Gasteiger partial charge >= 0.3 is 0 Å². The highest BCUT2D eigenvalue weighted by atomic mass is 16.2. The predicted molar refractivity (Wildman–Crippen MR) is 82.6 cm³/mol. The lowest BCUT2D eigenvalue weighted by Gasteiger charge is -2.24. The van der Waals surface area contributed by atoms with Gasteiger partial charge in [-0.3, -0.25) is 9.59 Å². The minimum Gasteiger partial charge on any atom is -0.349 e. The highest BCUT2D eigenvalue weighted by molar-refractivity contribution is 5.80. The molecule has 0 bridgehead atoms. The number of benzene rings is 1. The van der Waals surface area contributed by atoms with E-state index >= 15 is 0 Å². The van der Waals surface area contributed by atoms with Crippen molar-refractivity contribution in [3.8, 4) is 6.07 Å². The molecule has 1 unspecified atom stereocenters. The van der Waals surface area contributed by atoms with Crippen LogP contribution in [0.4, 0.5) is 0 Å². The fourth-order valence-electron chi connectivity index (χ4n) is 2.93. The number of hydrogen-bond donors (Lipinski definition) is 2. The summed E-state index contributed by atoms with van der Waals surface area (Å²) in [5.74, 6) is -0.386. The SMILES string of the molecule is CC(=O)NC(CC(=O)NC1(C#N)CCCC1)c1ccccc1. The minimum absolute atomic E-state index is 0.132. The first-order valence-corrected chi connectivity index (χ1v) is 7.59. The Labute approximate surface area is 130 Å². The van der Waals surface area contributed by atoms with Crippen molar-refractivity contribution in [1.82, 2.24) is 10.6 Å². The van der Waals surface area contributed by atoms with E-state index in [1.54, 1.807) is 0 Å². The van der Waals surface area contributed by atoms with Crippen molar-refractivity contribution in [2.45, 2.75) is 50.6 Å². The van der Waals surface area contributed by atoms with Crippen LogP contribution in [0, 0.1) is 11.3 Å². The van der Waals surface area contributed by atoms with E-state index in [4.69, 9.17) is 0 Å². The van der Waals surface area contributed by atoms with E-state index in [1.165, 1.54) is 6.92 Å². The van der Waals surface area contributed by atoms with Crippen LogP contribution in [0.3, 0.4) is 0 Å². The van der Waals surface area contributed by atoms with Gasteiger partial charge in [-0.15, -0.1) is 0 Å². The molecule has 1 fully saturated rings. The van der Waals surface area contributed by atoms with Crippen molar-refractivity contribution in [2.24, 2.45) is 0 Å². The Morgan fingerprint density at radius 3 is 2.45 bits per heavy atom. The van der Waals surface area contributed by atoms with Crippen LogP contribution >= 0.6 is 0 Å². The number of nitrogens with zero attached hydrogens (tertiary/aromatic N) is 1. The lowest BCUT2D eigenvalue weighted by molar-refractivity contribution is -0.123. The van der Waals surface area contributed by atoms with Crippen molar-refractivity contribution < 1.29 is 9.59 Å². The molecule has 5 nitrogen and oxygen atoms in total. The van der Waals surface area contributed by atoms with Gasteiger partial charge in [-0.1, -0.05) is 30.3 Å². The Kier molecular flexibility index (Phi) is 5.16. The number of hydrogen-bond acceptors (Lipinski definition) is 3. The zero-order valence-electron chi connectivity index (χ0n) is 12.8. The van der Waals surface area contributed by atoms with Gasteiger partial charge in [0.05, 0.1) is 18.5 Å². The second kappa shape index (κ2) is 7.08. The molecular formula is C17H21N3O2. The van der Waals surface area contributed by atoms with Gasteiger partial charge in [0.1, 0.15) is 5.54 Å². The number of carbonyl (C=O) groups excluding carboxylic acids is 2. The van der Waals surface area contributed by atoms with Crippen LogP contribution in [-0.4, -0.2) is 17.4 Å². The Balaban J connectivity index is 2.05. The van der Waals surface area contributed by atoms with Crippen molar-refractivity contribution >= 4 is 11.8 Å². The predicted octanol–water partition coefficient (Wildman–Crippen LogP) is 2.21. The topological polar surface area (TPSA) is 82.0 Å². The van der Waals surface area contributed by atoms with Gasteiger partial charge in [-0.05, 0) is 31.2 Å². The average Bonchev–Trinajstić information content (AvgIpc) is 2.96. The van der Waals surface area contributed by atoms with Crippen LogP contribution in [0.2, 0.25) is 0 Å². The van der Waals surface area contributed by atoms with E-state index in [1.807, 2.05) is 30.3 Å². The Hall–Kier alpha value is -2.35. The summed E-state index contributed by atoms with van der Waals surface area (Å²) in [4.78, 5) is 23.7. The fraction of sp³-hybridized carbons (Fsp3) is 0.471. The summed E-state index contributed by atoms with van der Waals surface area (Å²) in [5, 5.41) is 15.0. The third-order valence-electron chi connectivity index (χ3n) is 4.02. The van der Waals surface area contributed by atoms with Gasteiger partial charge in [0, 0.05) is 6.92 Å². The molecule has 0 aromatic heterocycles. The largest absolute Gasteiger partial charge is 0.349 e. The van der Waals surface area contributed by atoms with E-state index in [-0.39, 0.29) is 24.3 Å². The second-order valence-corrected chi connectivity index (χ2v) is 5.82. The first kappa shape index (κ1) is 16.0. The lowest BCUT2D eigenvalue weighted by Crippen LogP contribution is -2.46. The van der Waals surface area contributed by atoms with Crippen LogP contribution in [0.5, 0.6) is 0 Å². The first-order chi connectivity index (χ1) is 10.5. The summed E-state index contributed by atoms with van der Waals surface area (Å²) >= 11 is 0. The van der Waals surface area contributed by atoms with Crippen molar-refractivity contribution in [1.29, 1.82) is 5.26 Å². The quantitative estimate of drug-likeness (QED) is 0.874. The maximum Gasteiger partial charge on any atom is 0.223 e. The number of carbonyl (C=O) groups is 2. The normalized spacial score (nSPS) is 17.3. The van der Waals surface area contributed by atoms with Crippen LogP contribution in [0.25, 0.3) is 0 Å². The van der Waals surface area contributed by atoms with Gasteiger partial charge in [0.2, 0.25) is 11.8 Å². The fourth-order valence-corrected chi connectivity index (χ4v) is 2.93. The number of nitrogens with one attached hydrogen (secondary N) is 2. The van der Waals surface area contributed by atoms with Gasteiger partial charge in [-0.25, -0.2) is 0 Å². The van der Waals surface area contributed by atoms with E-state index < -0.39 is 5.54 Å². The van der Waals surface area contributed by atoms with Gasteiger partial charge in [0.15, 0.2) is 0 Å². The van der Waals surface area contributed by atoms with Gasteiger partial charge < -0.3 is 10.6 Å². The van der Waals surface area contributed by atoms with Crippen molar-refractivity contribution in [2.75, 3.05) is 0 Å². The third-order valence-corrected chi connectivity index (χ3v) is 4.02. The molecule has 0 aliphatic heterocycles. The van der Waals surface area contributed by atoms with Crippen LogP contribution in [-0.2, 0) is 9.59 Å². The Morgan fingerprint density at radius 2 is 1.91 bits per heavy atom. The molecule has 1 atom stereocenters. The van der Waals surface area contributed by atoms with Crippen LogP contribution in [0.1, 0.15) is 50.6 Å². The molecule has 5 heteroatoms. The molecule has 0 radical (unpaired) electrons. The maximum absolute atomic E-state index is 12.3. The summed E-state index contributed by atoms with van der Waals surface area (Å²) in [6.07, 6.45) is 3.45. The van der Waals surface area contributed by atoms with Crippen molar-refractivity contribution in [3.63, 3.8) is 0 Å². The standard InChI is InChI=1S/C17H21N3O2/c1-13(21)19-15(14-7-3-2-4-8-14)11-16(22)20-17(12-18)9-5-6-10-17/h2-4,7-8,15H,5-6,9-11H2,1H3,(H,19,21)(H,20,22). The molecule has 2 rings (SSSR count). The Bertz CT molecular complexity index is 571. The highest BCUT2D eigenvalue weighted by Crippen LogP contribution is 2.29.